The molecule has 0 radical (unpaired) electrons. The number of carbonyl (C=O) groups excluding carboxylic acids is 3. The Balaban J connectivity index is 2.46. The van der Waals surface area contributed by atoms with Crippen molar-refractivity contribution >= 4 is 17.8 Å². The highest BCUT2D eigenvalue weighted by atomic mass is 16.5. The molecule has 0 heterocycles. The van der Waals surface area contributed by atoms with Crippen LogP contribution in [-0.2, 0) is 14.3 Å². The normalized spacial score (nSPS) is 11.5. The van der Waals surface area contributed by atoms with Gasteiger partial charge in [0.15, 0.2) is 11.5 Å². The minimum Gasteiger partial charge on any atom is -0.493 e. The fraction of sp³-hybridized carbons (Fsp3) is 0.550. The van der Waals surface area contributed by atoms with Crippen LogP contribution >= 0.6 is 0 Å². The van der Waals surface area contributed by atoms with E-state index in [1.165, 1.54) is 21.3 Å². The molecule has 0 spiro atoms. The summed E-state index contributed by atoms with van der Waals surface area (Å²) in [5.74, 6) is 0.268. The molecule has 0 aromatic heterocycles. The van der Waals surface area contributed by atoms with Gasteiger partial charge in [0, 0.05) is 18.5 Å². The van der Waals surface area contributed by atoms with Gasteiger partial charge in [0.25, 0.3) is 5.91 Å². The van der Waals surface area contributed by atoms with Gasteiger partial charge in [-0.05, 0) is 37.0 Å². The number of hydrogen-bond donors (Lipinski definition) is 2. The SMILES string of the molecule is COC(=O)[C@@H](CC(C)C)NC(=O)CCCNC(=O)c1ccc(OC)c(OC)c1. The van der Waals surface area contributed by atoms with Gasteiger partial charge in [0.1, 0.15) is 6.04 Å². The van der Waals surface area contributed by atoms with Gasteiger partial charge in [-0.3, -0.25) is 9.59 Å². The van der Waals surface area contributed by atoms with E-state index < -0.39 is 12.0 Å². The molecule has 0 saturated heterocycles. The predicted octanol–water partition coefficient (Wildman–Crippen LogP) is 1.92. The highest BCUT2D eigenvalue weighted by molar-refractivity contribution is 5.94. The van der Waals surface area contributed by atoms with Crippen LogP contribution in [0.4, 0.5) is 0 Å². The molecule has 8 nitrogen and oxygen atoms in total. The van der Waals surface area contributed by atoms with Crippen molar-refractivity contribution in [1.82, 2.24) is 10.6 Å². The molecule has 1 atom stereocenters. The second-order valence-corrected chi connectivity index (χ2v) is 6.70. The van der Waals surface area contributed by atoms with Crippen molar-refractivity contribution in [2.24, 2.45) is 5.92 Å². The number of carbonyl (C=O) groups is 3. The van der Waals surface area contributed by atoms with E-state index >= 15 is 0 Å². The lowest BCUT2D eigenvalue weighted by molar-refractivity contribution is -0.145. The summed E-state index contributed by atoms with van der Waals surface area (Å²) in [6, 6.07) is 4.23. The Bertz CT molecular complexity index is 675. The van der Waals surface area contributed by atoms with E-state index in [2.05, 4.69) is 10.6 Å². The Morgan fingerprint density at radius 1 is 1.04 bits per heavy atom. The summed E-state index contributed by atoms with van der Waals surface area (Å²) < 4.78 is 15.0. The van der Waals surface area contributed by atoms with Crippen LogP contribution in [0, 0.1) is 5.92 Å². The Morgan fingerprint density at radius 2 is 1.71 bits per heavy atom. The van der Waals surface area contributed by atoms with Crippen LogP contribution in [-0.4, -0.2) is 51.7 Å². The molecule has 0 aliphatic rings. The van der Waals surface area contributed by atoms with E-state index in [1.54, 1.807) is 18.2 Å². The summed E-state index contributed by atoms with van der Waals surface area (Å²) in [5.41, 5.74) is 0.435. The molecule has 1 aromatic carbocycles. The number of ether oxygens (including phenoxy) is 3. The van der Waals surface area contributed by atoms with Crippen molar-refractivity contribution in [3.05, 3.63) is 23.8 Å². The van der Waals surface area contributed by atoms with E-state index in [-0.39, 0.29) is 24.2 Å². The Kier molecular flexibility index (Phi) is 9.84. The van der Waals surface area contributed by atoms with Crippen LogP contribution < -0.4 is 20.1 Å². The van der Waals surface area contributed by atoms with Crippen molar-refractivity contribution in [2.75, 3.05) is 27.9 Å². The van der Waals surface area contributed by atoms with Crippen LogP contribution in [0.1, 0.15) is 43.5 Å². The lowest BCUT2D eigenvalue weighted by Crippen LogP contribution is -2.42. The van der Waals surface area contributed by atoms with Crippen molar-refractivity contribution in [1.29, 1.82) is 0 Å². The van der Waals surface area contributed by atoms with Crippen molar-refractivity contribution in [2.45, 2.75) is 39.2 Å². The first-order valence-electron chi connectivity index (χ1n) is 9.19. The van der Waals surface area contributed by atoms with E-state index in [0.717, 1.165) is 0 Å². The lowest BCUT2D eigenvalue weighted by atomic mass is 10.0. The molecule has 156 valence electrons. The number of esters is 1. The van der Waals surface area contributed by atoms with Crippen LogP contribution in [0.15, 0.2) is 18.2 Å². The smallest absolute Gasteiger partial charge is 0.328 e. The molecule has 2 amide bonds. The zero-order valence-electron chi connectivity index (χ0n) is 17.2. The lowest BCUT2D eigenvalue weighted by Gasteiger charge is -2.18. The average Bonchev–Trinajstić information content (AvgIpc) is 2.68. The number of hydrogen-bond acceptors (Lipinski definition) is 6. The standard InChI is InChI=1S/C20H30N2O6/c1-13(2)11-15(20(25)28-5)22-18(23)7-6-10-21-19(24)14-8-9-16(26-3)17(12-14)27-4/h8-9,12-13,15H,6-7,10-11H2,1-5H3,(H,21,24)(H,22,23)/t15-/m1/s1. The largest absolute Gasteiger partial charge is 0.493 e. The van der Waals surface area contributed by atoms with Crippen LogP contribution in [0.25, 0.3) is 0 Å². The molecular weight excluding hydrogens is 364 g/mol. The Hall–Kier alpha value is -2.77. The highest BCUT2D eigenvalue weighted by Crippen LogP contribution is 2.27. The first-order chi connectivity index (χ1) is 13.3. The second kappa shape index (κ2) is 11.8. The third-order valence-corrected chi connectivity index (χ3v) is 4.04. The maximum absolute atomic E-state index is 12.2. The van der Waals surface area contributed by atoms with Gasteiger partial charge < -0.3 is 24.8 Å². The zero-order valence-corrected chi connectivity index (χ0v) is 17.2. The van der Waals surface area contributed by atoms with E-state index in [0.29, 0.717) is 36.4 Å². The van der Waals surface area contributed by atoms with Gasteiger partial charge in [-0.25, -0.2) is 4.79 Å². The number of methoxy groups -OCH3 is 3. The topological polar surface area (TPSA) is 103 Å². The minimum atomic E-state index is -0.654. The first kappa shape index (κ1) is 23.3. The molecule has 8 heteroatoms. The second-order valence-electron chi connectivity index (χ2n) is 6.70. The van der Waals surface area contributed by atoms with Crippen LogP contribution in [0.2, 0.25) is 0 Å². The van der Waals surface area contributed by atoms with Crippen molar-refractivity contribution in [3.63, 3.8) is 0 Å². The van der Waals surface area contributed by atoms with Gasteiger partial charge in [-0.15, -0.1) is 0 Å². The maximum Gasteiger partial charge on any atom is 0.328 e. The number of amides is 2. The molecule has 1 aromatic rings. The summed E-state index contributed by atoms with van der Waals surface area (Å²) in [6.07, 6.45) is 1.15. The third kappa shape index (κ3) is 7.46. The predicted molar refractivity (Wildman–Crippen MR) is 105 cm³/mol. The summed E-state index contributed by atoms with van der Waals surface area (Å²) in [5, 5.41) is 5.45. The van der Waals surface area contributed by atoms with Gasteiger partial charge in [0.2, 0.25) is 5.91 Å². The molecule has 0 bridgehead atoms. The molecule has 28 heavy (non-hydrogen) atoms. The fourth-order valence-electron chi connectivity index (χ4n) is 2.62. The zero-order chi connectivity index (χ0) is 21.1. The molecule has 0 unspecified atom stereocenters. The molecule has 0 fully saturated rings. The van der Waals surface area contributed by atoms with Gasteiger partial charge in [-0.1, -0.05) is 13.8 Å². The summed E-state index contributed by atoms with van der Waals surface area (Å²) in [6.45, 7) is 4.26. The van der Waals surface area contributed by atoms with Crippen molar-refractivity contribution in [3.8, 4) is 11.5 Å². The van der Waals surface area contributed by atoms with Crippen LogP contribution in [0.5, 0.6) is 11.5 Å². The maximum atomic E-state index is 12.2. The Labute approximate surface area is 165 Å². The van der Waals surface area contributed by atoms with Gasteiger partial charge >= 0.3 is 5.97 Å². The number of rotatable bonds is 11. The quantitative estimate of drug-likeness (QED) is 0.439. The number of nitrogens with one attached hydrogen (secondary N) is 2. The molecule has 0 aliphatic carbocycles. The van der Waals surface area contributed by atoms with Crippen LogP contribution in [0.3, 0.4) is 0 Å². The van der Waals surface area contributed by atoms with Crippen molar-refractivity contribution < 1.29 is 28.6 Å². The Morgan fingerprint density at radius 3 is 2.29 bits per heavy atom. The number of benzene rings is 1. The minimum absolute atomic E-state index is 0.192. The van der Waals surface area contributed by atoms with E-state index in [1.807, 2.05) is 13.8 Å². The average molecular weight is 394 g/mol. The highest BCUT2D eigenvalue weighted by Gasteiger charge is 2.22. The molecule has 2 N–H and O–H groups in total. The molecule has 1 rings (SSSR count). The molecule has 0 aliphatic heterocycles. The molecule has 0 saturated carbocycles. The summed E-state index contributed by atoms with van der Waals surface area (Å²) in [4.78, 5) is 36.0. The third-order valence-electron chi connectivity index (χ3n) is 4.04. The van der Waals surface area contributed by atoms with Gasteiger partial charge in [-0.2, -0.15) is 0 Å². The van der Waals surface area contributed by atoms with E-state index in [4.69, 9.17) is 14.2 Å². The molecular formula is C20H30N2O6. The summed E-state index contributed by atoms with van der Waals surface area (Å²) in [7, 11) is 4.32. The first-order valence-corrected chi connectivity index (χ1v) is 9.19. The monoisotopic (exact) mass is 394 g/mol. The summed E-state index contributed by atoms with van der Waals surface area (Å²) >= 11 is 0. The fourth-order valence-corrected chi connectivity index (χ4v) is 2.62. The van der Waals surface area contributed by atoms with Gasteiger partial charge in [0.05, 0.1) is 21.3 Å². The van der Waals surface area contributed by atoms with E-state index in [9.17, 15) is 14.4 Å².